The Bertz CT molecular complexity index is 886. The van der Waals surface area contributed by atoms with Gasteiger partial charge in [-0.1, -0.05) is 23.4 Å². The first-order valence-corrected chi connectivity index (χ1v) is 6.74. The second-order valence-corrected chi connectivity index (χ2v) is 4.68. The SMILES string of the molecule is Cc1c(C(=O)NNC(=O)c2ccccc2)nnn1-c1nonc1N. The summed E-state index contributed by atoms with van der Waals surface area (Å²) in [6.07, 6.45) is 0. The van der Waals surface area contributed by atoms with Gasteiger partial charge in [0, 0.05) is 5.56 Å². The normalized spacial score (nSPS) is 10.4. The van der Waals surface area contributed by atoms with Crippen LogP contribution in [0.25, 0.3) is 5.82 Å². The van der Waals surface area contributed by atoms with Gasteiger partial charge in [-0.25, -0.2) is 4.63 Å². The first-order chi connectivity index (χ1) is 11.6. The number of aromatic nitrogens is 5. The molecule has 0 aliphatic carbocycles. The number of amides is 2. The van der Waals surface area contributed by atoms with Gasteiger partial charge in [0.2, 0.25) is 11.6 Å². The molecule has 24 heavy (non-hydrogen) atoms. The van der Waals surface area contributed by atoms with Gasteiger partial charge in [-0.05, 0) is 29.4 Å². The van der Waals surface area contributed by atoms with Gasteiger partial charge in [0.25, 0.3) is 11.8 Å². The number of nitrogens with one attached hydrogen (secondary N) is 2. The number of hydrogen-bond acceptors (Lipinski definition) is 8. The van der Waals surface area contributed by atoms with Crippen LogP contribution in [0, 0.1) is 6.92 Å². The summed E-state index contributed by atoms with van der Waals surface area (Å²) in [6.45, 7) is 1.59. The second kappa shape index (κ2) is 6.16. The quantitative estimate of drug-likeness (QED) is 0.549. The average molecular weight is 328 g/mol. The lowest BCUT2D eigenvalue weighted by Gasteiger charge is -2.06. The molecular weight excluding hydrogens is 316 g/mol. The molecule has 2 aromatic heterocycles. The Morgan fingerprint density at radius 1 is 1.12 bits per heavy atom. The van der Waals surface area contributed by atoms with Crippen LogP contribution >= 0.6 is 0 Å². The Morgan fingerprint density at radius 3 is 2.50 bits per heavy atom. The fourth-order valence-corrected chi connectivity index (χ4v) is 1.91. The summed E-state index contributed by atoms with van der Waals surface area (Å²) < 4.78 is 5.69. The maximum absolute atomic E-state index is 12.1. The highest BCUT2D eigenvalue weighted by Gasteiger charge is 2.21. The zero-order chi connectivity index (χ0) is 17.1. The maximum atomic E-state index is 12.1. The van der Waals surface area contributed by atoms with Crippen molar-refractivity contribution in [1.29, 1.82) is 0 Å². The van der Waals surface area contributed by atoms with Crippen LogP contribution in [-0.2, 0) is 0 Å². The van der Waals surface area contributed by atoms with Crippen LogP contribution in [0.1, 0.15) is 26.5 Å². The number of carbonyl (C=O) groups excluding carboxylic acids is 2. The molecule has 0 bridgehead atoms. The third-order valence-corrected chi connectivity index (χ3v) is 3.13. The summed E-state index contributed by atoms with van der Waals surface area (Å²) in [5, 5.41) is 14.5. The number of rotatable bonds is 3. The Balaban J connectivity index is 1.71. The molecule has 2 heterocycles. The van der Waals surface area contributed by atoms with Crippen LogP contribution in [0.4, 0.5) is 5.82 Å². The Kier molecular flexibility index (Phi) is 3.89. The summed E-state index contributed by atoms with van der Waals surface area (Å²) >= 11 is 0. The molecule has 3 rings (SSSR count). The number of hydrazine groups is 1. The van der Waals surface area contributed by atoms with Gasteiger partial charge in [0.15, 0.2) is 5.69 Å². The second-order valence-electron chi connectivity index (χ2n) is 4.68. The number of nitrogen functional groups attached to an aromatic ring is 1. The van der Waals surface area contributed by atoms with E-state index in [1.54, 1.807) is 37.3 Å². The fourth-order valence-electron chi connectivity index (χ4n) is 1.91. The molecule has 0 aliphatic heterocycles. The van der Waals surface area contributed by atoms with Crippen LogP contribution < -0.4 is 16.6 Å². The smallest absolute Gasteiger partial charge is 0.292 e. The van der Waals surface area contributed by atoms with Crippen LogP contribution in [0.15, 0.2) is 35.0 Å². The van der Waals surface area contributed by atoms with E-state index in [0.717, 1.165) is 0 Å². The standard InChI is InChI=1S/C13H12N8O3/c1-7-9(15-20-21(7)11-10(14)18-24-19-11)13(23)17-16-12(22)8-5-3-2-4-6-8/h2-6H,1H3,(H2,14,18)(H,16,22)(H,17,23). The number of carbonyl (C=O) groups is 2. The molecule has 0 atom stereocenters. The molecule has 2 amide bonds. The van der Waals surface area contributed by atoms with Crippen molar-refractivity contribution >= 4 is 17.6 Å². The predicted octanol–water partition coefficient (Wildman–Crippen LogP) is -0.384. The highest BCUT2D eigenvalue weighted by Crippen LogP contribution is 2.14. The Hall–Kier alpha value is -3.76. The van der Waals surface area contributed by atoms with Crippen molar-refractivity contribution in [3.63, 3.8) is 0 Å². The first kappa shape index (κ1) is 15.1. The summed E-state index contributed by atoms with van der Waals surface area (Å²) in [7, 11) is 0. The number of nitrogens with zero attached hydrogens (tertiary/aromatic N) is 5. The molecule has 0 saturated carbocycles. The van der Waals surface area contributed by atoms with Crippen LogP contribution in [0.2, 0.25) is 0 Å². The van der Waals surface area contributed by atoms with E-state index in [1.807, 2.05) is 0 Å². The van der Waals surface area contributed by atoms with Crippen molar-refractivity contribution < 1.29 is 14.2 Å². The van der Waals surface area contributed by atoms with Crippen LogP contribution in [-0.4, -0.2) is 37.1 Å². The van der Waals surface area contributed by atoms with Gasteiger partial charge in [-0.3, -0.25) is 20.4 Å². The molecule has 0 saturated heterocycles. The minimum atomic E-state index is -0.641. The lowest BCUT2D eigenvalue weighted by molar-refractivity contribution is 0.0843. The molecule has 4 N–H and O–H groups in total. The zero-order valence-electron chi connectivity index (χ0n) is 12.4. The highest BCUT2D eigenvalue weighted by atomic mass is 16.6. The monoisotopic (exact) mass is 328 g/mol. The van der Waals surface area contributed by atoms with Crippen molar-refractivity contribution in [3.8, 4) is 5.82 Å². The molecule has 1 aromatic carbocycles. The van der Waals surface area contributed by atoms with E-state index in [2.05, 4.69) is 36.1 Å². The highest BCUT2D eigenvalue weighted by molar-refractivity contribution is 5.98. The van der Waals surface area contributed by atoms with Crippen LogP contribution in [0.5, 0.6) is 0 Å². The van der Waals surface area contributed by atoms with Gasteiger partial charge < -0.3 is 5.73 Å². The van der Waals surface area contributed by atoms with Gasteiger partial charge >= 0.3 is 0 Å². The Morgan fingerprint density at radius 2 is 1.83 bits per heavy atom. The molecule has 0 radical (unpaired) electrons. The largest absolute Gasteiger partial charge is 0.378 e. The van der Waals surface area contributed by atoms with Gasteiger partial charge in [-0.15, -0.1) is 5.10 Å². The van der Waals surface area contributed by atoms with Crippen molar-refractivity contribution in [2.75, 3.05) is 5.73 Å². The topological polar surface area (TPSA) is 154 Å². The minimum absolute atomic E-state index is 0.00679. The van der Waals surface area contributed by atoms with E-state index in [0.29, 0.717) is 11.3 Å². The third-order valence-electron chi connectivity index (χ3n) is 3.13. The molecular formula is C13H12N8O3. The minimum Gasteiger partial charge on any atom is -0.378 e. The lowest BCUT2D eigenvalue weighted by Crippen LogP contribution is -2.42. The Labute approximate surface area is 134 Å². The number of nitrogens with two attached hydrogens (primary N) is 1. The predicted molar refractivity (Wildman–Crippen MR) is 79.7 cm³/mol. The van der Waals surface area contributed by atoms with E-state index < -0.39 is 11.8 Å². The third kappa shape index (κ3) is 2.77. The molecule has 0 unspecified atom stereocenters. The molecule has 11 heteroatoms. The molecule has 0 fully saturated rings. The van der Waals surface area contributed by atoms with Gasteiger partial charge in [-0.2, -0.15) is 4.68 Å². The van der Waals surface area contributed by atoms with E-state index in [4.69, 9.17) is 5.73 Å². The van der Waals surface area contributed by atoms with Crippen molar-refractivity contribution in [3.05, 3.63) is 47.3 Å². The fraction of sp³-hybridized carbons (Fsp3) is 0.0769. The average Bonchev–Trinajstić information content (AvgIpc) is 3.18. The molecule has 0 aliphatic rings. The molecule has 0 spiro atoms. The number of hydrogen-bond donors (Lipinski definition) is 3. The summed E-state index contributed by atoms with van der Waals surface area (Å²) in [5.74, 6) is -0.975. The van der Waals surface area contributed by atoms with Crippen molar-refractivity contribution in [1.82, 2.24) is 36.2 Å². The van der Waals surface area contributed by atoms with Gasteiger partial charge in [0.1, 0.15) is 0 Å². The summed E-state index contributed by atoms with van der Waals surface area (Å²) in [5.41, 5.74) is 10.9. The first-order valence-electron chi connectivity index (χ1n) is 6.74. The van der Waals surface area contributed by atoms with Gasteiger partial charge in [0.05, 0.1) is 5.69 Å². The van der Waals surface area contributed by atoms with E-state index in [1.165, 1.54) is 4.68 Å². The maximum Gasteiger partial charge on any atom is 0.292 e. The number of anilines is 1. The summed E-state index contributed by atoms with van der Waals surface area (Å²) in [6, 6.07) is 8.43. The summed E-state index contributed by atoms with van der Waals surface area (Å²) in [4.78, 5) is 24.0. The molecule has 122 valence electrons. The van der Waals surface area contributed by atoms with Crippen LogP contribution in [0.3, 0.4) is 0 Å². The molecule has 3 aromatic rings. The number of benzene rings is 1. The van der Waals surface area contributed by atoms with Crippen molar-refractivity contribution in [2.24, 2.45) is 0 Å². The lowest BCUT2D eigenvalue weighted by atomic mass is 10.2. The molecule has 11 nitrogen and oxygen atoms in total. The van der Waals surface area contributed by atoms with E-state index in [-0.39, 0.29) is 17.3 Å². The zero-order valence-corrected chi connectivity index (χ0v) is 12.4. The van der Waals surface area contributed by atoms with E-state index >= 15 is 0 Å². The van der Waals surface area contributed by atoms with E-state index in [9.17, 15) is 9.59 Å². The van der Waals surface area contributed by atoms with Crippen molar-refractivity contribution in [2.45, 2.75) is 6.92 Å².